The van der Waals surface area contributed by atoms with Crippen molar-refractivity contribution in [1.29, 1.82) is 0 Å². The second kappa shape index (κ2) is 17.2. The third-order valence-electron chi connectivity index (χ3n) is 7.41. The Balaban J connectivity index is 1.81. The highest BCUT2D eigenvalue weighted by molar-refractivity contribution is 9.10. The van der Waals surface area contributed by atoms with E-state index < -0.39 is 28.5 Å². The largest absolute Gasteiger partial charge is 0.494 e. The molecule has 0 aliphatic rings. The lowest BCUT2D eigenvalue weighted by Gasteiger charge is -2.34. The van der Waals surface area contributed by atoms with Crippen molar-refractivity contribution in [3.63, 3.8) is 0 Å². The maximum atomic E-state index is 14.6. The van der Waals surface area contributed by atoms with Gasteiger partial charge in [0.2, 0.25) is 11.8 Å². The predicted octanol–water partition coefficient (Wildman–Crippen LogP) is 7.76. The molecule has 1 atom stereocenters. The van der Waals surface area contributed by atoms with Crippen LogP contribution in [0, 0.1) is 5.92 Å². The summed E-state index contributed by atoms with van der Waals surface area (Å²) in [7, 11) is -4.25. The summed E-state index contributed by atoms with van der Waals surface area (Å²) < 4.78 is 35.8. The number of ether oxygens (including phenoxy) is 1. The first kappa shape index (κ1) is 37.3. The number of rotatable bonds is 15. The zero-order valence-electron chi connectivity index (χ0n) is 26.9. The van der Waals surface area contributed by atoms with Gasteiger partial charge in [0, 0.05) is 24.0 Å². The highest BCUT2D eigenvalue weighted by atomic mass is 79.9. The Hall–Kier alpha value is -3.57. The Bertz CT molecular complexity index is 1790. The van der Waals surface area contributed by atoms with E-state index in [1.54, 1.807) is 54.6 Å². The van der Waals surface area contributed by atoms with Gasteiger partial charge in [0.1, 0.15) is 18.3 Å². The third-order valence-corrected chi connectivity index (χ3v) is 10.5. The highest BCUT2D eigenvalue weighted by Crippen LogP contribution is 2.29. The van der Waals surface area contributed by atoms with Crippen LogP contribution in [-0.4, -0.2) is 50.9 Å². The summed E-state index contributed by atoms with van der Waals surface area (Å²) in [6, 6.07) is 26.0. The second-order valence-electron chi connectivity index (χ2n) is 11.5. The first-order chi connectivity index (χ1) is 22.9. The molecule has 0 spiro atoms. The number of hydrogen-bond donors (Lipinski definition) is 1. The van der Waals surface area contributed by atoms with Gasteiger partial charge in [-0.3, -0.25) is 13.9 Å². The zero-order chi connectivity index (χ0) is 34.8. The summed E-state index contributed by atoms with van der Waals surface area (Å²) in [6.07, 6.45) is 0.195. The predicted molar refractivity (Wildman–Crippen MR) is 195 cm³/mol. The summed E-state index contributed by atoms with van der Waals surface area (Å²) in [4.78, 5) is 29.9. The minimum atomic E-state index is -4.25. The molecule has 0 radical (unpaired) electrons. The van der Waals surface area contributed by atoms with Crippen LogP contribution in [0.25, 0.3) is 0 Å². The van der Waals surface area contributed by atoms with Crippen LogP contribution in [0.1, 0.15) is 31.9 Å². The van der Waals surface area contributed by atoms with Crippen molar-refractivity contribution in [2.45, 2.75) is 44.7 Å². The molecule has 0 aliphatic heterocycles. The van der Waals surface area contributed by atoms with E-state index in [0.717, 1.165) is 9.87 Å². The number of benzene rings is 4. The molecule has 12 heteroatoms. The zero-order valence-corrected chi connectivity index (χ0v) is 30.8. The summed E-state index contributed by atoms with van der Waals surface area (Å²) >= 11 is 15.9. The van der Waals surface area contributed by atoms with Crippen molar-refractivity contribution in [2.24, 2.45) is 5.92 Å². The van der Waals surface area contributed by atoms with E-state index in [4.69, 9.17) is 27.9 Å². The van der Waals surface area contributed by atoms with Gasteiger partial charge >= 0.3 is 0 Å². The fourth-order valence-corrected chi connectivity index (χ4v) is 6.95. The van der Waals surface area contributed by atoms with Crippen LogP contribution in [0.15, 0.2) is 106 Å². The van der Waals surface area contributed by atoms with Crippen molar-refractivity contribution in [3.05, 3.63) is 123 Å². The number of carbonyl (C=O) groups is 2. The molecule has 1 N–H and O–H groups in total. The Morgan fingerprint density at radius 1 is 0.875 bits per heavy atom. The maximum Gasteiger partial charge on any atom is 0.264 e. The summed E-state index contributed by atoms with van der Waals surface area (Å²) in [6.45, 7) is 6.02. The van der Waals surface area contributed by atoms with Crippen molar-refractivity contribution in [3.8, 4) is 5.75 Å². The van der Waals surface area contributed by atoms with Crippen LogP contribution in [-0.2, 0) is 32.6 Å². The fourth-order valence-electron chi connectivity index (χ4n) is 4.95. The van der Waals surface area contributed by atoms with Crippen LogP contribution in [0.3, 0.4) is 0 Å². The standard InChI is InChI=1S/C36H38BrCl2N3O5S/c1-4-47-30-15-13-29(14-16-30)42(48(45,46)31-17-11-28(37)12-18-31)24-35(43)41(23-27-10-19-32(38)33(39)20-27)34(36(44)40-22-25(2)3)21-26-8-6-5-7-9-26/h5-20,25,34H,4,21-24H2,1-3H3,(H,40,44)/t34-/m0/s1. The van der Waals surface area contributed by atoms with E-state index in [1.807, 2.05) is 51.1 Å². The van der Waals surface area contributed by atoms with Crippen LogP contribution in [0.4, 0.5) is 5.69 Å². The number of sulfonamides is 1. The van der Waals surface area contributed by atoms with Crippen LogP contribution >= 0.6 is 39.1 Å². The normalized spacial score (nSPS) is 12.0. The molecule has 0 bridgehead atoms. The molecule has 0 heterocycles. The number of nitrogens with zero attached hydrogens (tertiary/aromatic N) is 2. The quantitative estimate of drug-likeness (QED) is 0.133. The van der Waals surface area contributed by atoms with E-state index in [0.29, 0.717) is 39.0 Å². The van der Waals surface area contributed by atoms with Crippen molar-refractivity contribution < 1.29 is 22.7 Å². The van der Waals surface area contributed by atoms with E-state index in [2.05, 4.69) is 21.2 Å². The fraction of sp³-hybridized carbons (Fsp3) is 0.278. The lowest BCUT2D eigenvalue weighted by Crippen LogP contribution is -2.53. The van der Waals surface area contributed by atoms with Gasteiger partial charge in [-0.05, 0) is 84.6 Å². The lowest BCUT2D eigenvalue weighted by molar-refractivity contribution is -0.140. The molecule has 4 aromatic carbocycles. The van der Waals surface area contributed by atoms with E-state index in [-0.39, 0.29) is 35.4 Å². The third kappa shape index (κ3) is 9.98. The number of hydrogen-bond acceptors (Lipinski definition) is 5. The van der Waals surface area contributed by atoms with Crippen LogP contribution in [0.2, 0.25) is 10.0 Å². The van der Waals surface area contributed by atoms with Crippen LogP contribution < -0.4 is 14.4 Å². The molecule has 0 fully saturated rings. The Labute approximate surface area is 301 Å². The van der Waals surface area contributed by atoms with Crippen LogP contribution in [0.5, 0.6) is 5.75 Å². The topological polar surface area (TPSA) is 96.0 Å². The summed E-state index contributed by atoms with van der Waals surface area (Å²) in [5, 5.41) is 3.61. The van der Waals surface area contributed by atoms with Gasteiger partial charge in [-0.25, -0.2) is 8.42 Å². The smallest absolute Gasteiger partial charge is 0.264 e. The molecular formula is C36H38BrCl2N3O5S. The van der Waals surface area contributed by atoms with E-state index in [1.165, 1.54) is 17.0 Å². The molecule has 2 amide bonds. The number of amides is 2. The maximum absolute atomic E-state index is 14.6. The molecule has 254 valence electrons. The minimum Gasteiger partial charge on any atom is -0.494 e. The van der Waals surface area contributed by atoms with E-state index >= 15 is 0 Å². The van der Waals surface area contributed by atoms with Gasteiger partial charge in [-0.1, -0.05) is 89.4 Å². The number of halogens is 3. The van der Waals surface area contributed by atoms with E-state index in [9.17, 15) is 18.0 Å². The van der Waals surface area contributed by atoms with Gasteiger partial charge in [0.25, 0.3) is 10.0 Å². The average molecular weight is 776 g/mol. The first-order valence-electron chi connectivity index (χ1n) is 15.4. The average Bonchev–Trinajstić information content (AvgIpc) is 3.06. The number of anilines is 1. The lowest BCUT2D eigenvalue weighted by atomic mass is 10.0. The van der Waals surface area contributed by atoms with Gasteiger partial charge in [0.05, 0.1) is 27.2 Å². The Kier molecular flexibility index (Phi) is 13.3. The Morgan fingerprint density at radius 2 is 1.54 bits per heavy atom. The first-order valence-corrected chi connectivity index (χ1v) is 18.4. The minimum absolute atomic E-state index is 0.000991. The van der Waals surface area contributed by atoms with Crippen molar-refractivity contribution >= 4 is 66.7 Å². The van der Waals surface area contributed by atoms with Gasteiger partial charge < -0.3 is 15.0 Å². The second-order valence-corrected chi connectivity index (χ2v) is 15.1. The monoisotopic (exact) mass is 773 g/mol. The molecule has 0 aromatic heterocycles. The number of carbonyl (C=O) groups excluding carboxylic acids is 2. The molecule has 4 aromatic rings. The molecule has 48 heavy (non-hydrogen) atoms. The molecule has 0 unspecified atom stereocenters. The van der Waals surface area contributed by atoms with Gasteiger partial charge in [-0.15, -0.1) is 0 Å². The summed E-state index contributed by atoms with van der Waals surface area (Å²) in [5.41, 5.74) is 1.71. The number of nitrogens with one attached hydrogen (secondary N) is 1. The van der Waals surface area contributed by atoms with Gasteiger partial charge in [0.15, 0.2) is 0 Å². The van der Waals surface area contributed by atoms with Crippen molar-refractivity contribution in [2.75, 3.05) is 24.0 Å². The molecule has 0 aliphatic carbocycles. The molecular weight excluding hydrogens is 737 g/mol. The SMILES string of the molecule is CCOc1ccc(N(CC(=O)N(Cc2ccc(Cl)c(Cl)c2)[C@@H](Cc2ccccc2)C(=O)NCC(C)C)S(=O)(=O)c2ccc(Br)cc2)cc1. The molecule has 0 saturated carbocycles. The molecule has 0 saturated heterocycles. The van der Waals surface area contributed by atoms with Crippen molar-refractivity contribution in [1.82, 2.24) is 10.2 Å². The van der Waals surface area contributed by atoms with Gasteiger partial charge in [-0.2, -0.15) is 0 Å². The summed E-state index contributed by atoms with van der Waals surface area (Å²) in [5.74, 6) is -0.225. The molecule has 8 nitrogen and oxygen atoms in total. The highest BCUT2D eigenvalue weighted by Gasteiger charge is 2.34. The Morgan fingerprint density at radius 3 is 2.15 bits per heavy atom. The molecule has 4 rings (SSSR count).